The standard InChI is InChI=1S/C14H20O3S/c1-10-4-5-11(2)12(6-10)8-18-9-13(15)7-14(16)17-3/h4-6,13,15H,7-9H2,1-3H3/t13-/m1/s1. The molecule has 18 heavy (non-hydrogen) atoms. The van der Waals surface area contributed by atoms with Gasteiger partial charge in [-0.3, -0.25) is 4.79 Å². The van der Waals surface area contributed by atoms with Crippen LogP contribution < -0.4 is 0 Å². The summed E-state index contributed by atoms with van der Waals surface area (Å²) in [6, 6.07) is 6.36. The molecule has 0 radical (unpaired) electrons. The Morgan fingerprint density at radius 2 is 2.17 bits per heavy atom. The van der Waals surface area contributed by atoms with E-state index in [0.717, 1.165) is 5.75 Å². The molecule has 0 saturated carbocycles. The number of thioether (sulfide) groups is 1. The van der Waals surface area contributed by atoms with Crippen molar-refractivity contribution < 1.29 is 14.6 Å². The molecule has 3 nitrogen and oxygen atoms in total. The van der Waals surface area contributed by atoms with Crippen molar-refractivity contribution in [3.63, 3.8) is 0 Å². The van der Waals surface area contributed by atoms with E-state index in [0.29, 0.717) is 5.75 Å². The number of hydrogen-bond donors (Lipinski definition) is 1. The van der Waals surface area contributed by atoms with Crippen LogP contribution in [0.5, 0.6) is 0 Å². The van der Waals surface area contributed by atoms with Crippen LogP contribution in [0.1, 0.15) is 23.1 Å². The number of aryl methyl sites for hydroxylation is 2. The maximum Gasteiger partial charge on any atom is 0.308 e. The highest BCUT2D eigenvalue weighted by molar-refractivity contribution is 7.98. The van der Waals surface area contributed by atoms with Gasteiger partial charge in [-0.2, -0.15) is 11.8 Å². The zero-order valence-electron chi connectivity index (χ0n) is 11.1. The molecule has 0 aliphatic carbocycles. The van der Waals surface area contributed by atoms with Crippen molar-refractivity contribution in [2.75, 3.05) is 12.9 Å². The predicted molar refractivity (Wildman–Crippen MR) is 74.7 cm³/mol. The number of ether oxygens (including phenoxy) is 1. The molecule has 0 heterocycles. The van der Waals surface area contributed by atoms with Crippen LogP contribution in [-0.2, 0) is 15.3 Å². The zero-order valence-corrected chi connectivity index (χ0v) is 11.9. The van der Waals surface area contributed by atoms with E-state index < -0.39 is 6.10 Å². The summed E-state index contributed by atoms with van der Waals surface area (Å²) in [4.78, 5) is 11.0. The SMILES string of the molecule is COC(=O)C[C@@H](O)CSCc1cc(C)ccc1C. The van der Waals surface area contributed by atoms with Gasteiger partial charge in [0.05, 0.1) is 19.6 Å². The van der Waals surface area contributed by atoms with Crippen LogP contribution in [0.3, 0.4) is 0 Å². The summed E-state index contributed by atoms with van der Waals surface area (Å²) < 4.78 is 4.51. The van der Waals surface area contributed by atoms with Gasteiger partial charge in [-0.15, -0.1) is 0 Å². The van der Waals surface area contributed by atoms with Crippen LogP contribution in [0, 0.1) is 13.8 Å². The first kappa shape index (κ1) is 15.1. The molecular weight excluding hydrogens is 248 g/mol. The van der Waals surface area contributed by atoms with Crippen LogP contribution in [0.15, 0.2) is 18.2 Å². The Morgan fingerprint density at radius 1 is 1.44 bits per heavy atom. The number of hydrogen-bond acceptors (Lipinski definition) is 4. The summed E-state index contributed by atoms with van der Waals surface area (Å²) in [5, 5.41) is 9.63. The summed E-state index contributed by atoms with van der Waals surface area (Å²) in [6.45, 7) is 4.15. The average Bonchev–Trinajstić information content (AvgIpc) is 2.33. The Kier molecular flexibility index (Phi) is 6.22. The van der Waals surface area contributed by atoms with Gasteiger partial charge in [-0.1, -0.05) is 23.8 Å². The van der Waals surface area contributed by atoms with Gasteiger partial charge in [0.25, 0.3) is 0 Å². The Labute approximate surface area is 113 Å². The number of aliphatic hydroxyl groups excluding tert-OH is 1. The average molecular weight is 268 g/mol. The molecule has 1 atom stereocenters. The molecule has 0 unspecified atom stereocenters. The highest BCUT2D eigenvalue weighted by Gasteiger charge is 2.11. The molecule has 1 rings (SSSR count). The van der Waals surface area contributed by atoms with E-state index in [9.17, 15) is 9.90 Å². The minimum Gasteiger partial charge on any atom is -0.469 e. The monoisotopic (exact) mass is 268 g/mol. The van der Waals surface area contributed by atoms with Crippen molar-refractivity contribution in [3.05, 3.63) is 34.9 Å². The van der Waals surface area contributed by atoms with Crippen molar-refractivity contribution in [3.8, 4) is 0 Å². The van der Waals surface area contributed by atoms with Gasteiger partial charge in [-0.25, -0.2) is 0 Å². The van der Waals surface area contributed by atoms with Gasteiger partial charge in [-0.05, 0) is 25.0 Å². The minimum atomic E-state index is -0.632. The minimum absolute atomic E-state index is 0.0658. The van der Waals surface area contributed by atoms with Crippen LogP contribution >= 0.6 is 11.8 Å². The first-order valence-electron chi connectivity index (χ1n) is 5.91. The van der Waals surface area contributed by atoms with Crippen molar-refractivity contribution in [2.45, 2.75) is 32.1 Å². The maximum absolute atomic E-state index is 11.0. The van der Waals surface area contributed by atoms with Gasteiger partial charge < -0.3 is 9.84 Å². The molecule has 4 heteroatoms. The van der Waals surface area contributed by atoms with E-state index >= 15 is 0 Å². The fraction of sp³-hybridized carbons (Fsp3) is 0.500. The van der Waals surface area contributed by atoms with Crippen molar-refractivity contribution >= 4 is 17.7 Å². The van der Waals surface area contributed by atoms with Crippen molar-refractivity contribution in [2.24, 2.45) is 0 Å². The van der Waals surface area contributed by atoms with E-state index in [1.807, 2.05) is 0 Å². The lowest BCUT2D eigenvalue weighted by Crippen LogP contribution is -2.16. The number of methoxy groups -OCH3 is 1. The Balaban J connectivity index is 2.37. The molecule has 0 bridgehead atoms. The van der Waals surface area contributed by atoms with Gasteiger partial charge in [0.15, 0.2) is 0 Å². The van der Waals surface area contributed by atoms with E-state index in [4.69, 9.17) is 0 Å². The summed E-state index contributed by atoms with van der Waals surface area (Å²) in [5.74, 6) is 1.03. The summed E-state index contributed by atoms with van der Waals surface area (Å²) in [6.07, 6.45) is -0.566. The number of aliphatic hydroxyl groups is 1. The quantitative estimate of drug-likeness (QED) is 0.805. The number of esters is 1. The molecule has 0 aliphatic heterocycles. The lowest BCUT2D eigenvalue weighted by molar-refractivity contribution is -0.142. The molecule has 0 saturated heterocycles. The van der Waals surface area contributed by atoms with Gasteiger partial charge in [0, 0.05) is 11.5 Å². The normalized spacial score (nSPS) is 12.2. The number of carbonyl (C=O) groups excluding carboxylic acids is 1. The fourth-order valence-corrected chi connectivity index (χ4v) is 2.63. The third kappa shape index (κ3) is 5.10. The summed E-state index contributed by atoms with van der Waals surface area (Å²) >= 11 is 1.63. The number of rotatable bonds is 6. The number of benzene rings is 1. The molecule has 0 aliphatic rings. The smallest absolute Gasteiger partial charge is 0.308 e. The molecule has 1 aromatic rings. The van der Waals surface area contributed by atoms with E-state index in [1.165, 1.54) is 23.8 Å². The second kappa shape index (κ2) is 7.44. The summed E-state index contributed by atoms with van der Waals surface area (Å²) in [5.41, 5.74) is 3.78. The lowest BCUT2D eigenvalue weighted by atomic mass is 10.1. The van der Waals surface area contributed by atoms with Gasteiger partial charge in [0.1, 0.15) is 0 Å². The highest BCUT2D eigenvalue weighted by Crippen LogP contribution is 2.18. The van der Waals surface area contributed by atoms with E-state index in [-0.39, 0.29) is 12.4 Å². The Bertz CT molecular complexity index is 404. The summed E-state index contributed by atoms with van der Waals surface area (Å²) in [7, 11) is 1.33. The van der Waals surface area contributed by atoms with Crippen molar-refractivity contribution in [1.82, 2.24) is 0 Å². The van der Waals surface area contributed by atoms with Gasteiger partial charge in [0.2, 0.25) is 0 Å². The topological polar surface area (TPSA) is 46.5 Å². The molecule has 0 amide bonds. The number of carbonyl (C=O) groups is 1. The van der Waals surface area contributed by atoms with Crippen LogP contribution in [0.2, 0.25) is 0 Å². The third-order valence-corrected chi connectivity index (χ3v) is 3.84. The molecule has 0 fully saturated rings. The molecule has 1 aromatic carbocycles. The van der Waals surface area contributed by atoms with Crippen LogP contribution in [0.4, 0.5) is 0 Å². The second-order valence-electron chi connectivity index (χ2n) is 4.38. The van der Waals surface area contributed by atoms with Gasteiger partial charge >= 0.3 is 5.97 Å². The Morgan fingerprint density at radius 3 is 2.83 bits per heavy atom. The molecule has 100 valence electrons. The molecule has 1 N–H and O–H groups in total. The highest BCUT2D eigenvalue weighted by atomic mass is 32.2. The lowest BCUT2D eigenvalue weighted by Gasteiger charge is -2.10. The first-order valence-corrected chi connectivity index (χ1v) is 7.07. The first-order chi connectivity index (χ1) is 8.52. The Hall–Kier alpha value is -1.00. The maximum atomic E-state index is 11.0. The third-order valence-electron chi connectivity index (χ3n) is 2.70. The second-order valence-corrected chi connectivity index (χ2v) is 5.41. The molecule has 0 aromatic heterocycles. The van der Waals surface area contributed by atoms with E-state index in [2.05, 4.69) is 36.8 Å². The zero-order chi connectivity index (χ0) is 13.5. The predicted octanol–water partition coefficient (Wildman–Crippen LogP) is 2.46. The largest absolute Gasteiger partial charge is 0.469 e. The van der Waals surface area contributed by atoms with Crippen LogP contribution in [0.25, 0.3) is 0 Å². The molecule has 0 spiro atoms. The fourth-order valence-electron chi connectivity index (χ4n) is 1.60. The van der Waals surface area contributed by atoms with Crippen molar-refractivity contribution in [1.29, 1.82) is 0 Å². The van der Waals surface area contributed by atoms with Crippen LogP contribution in [-0.4, -0.2) is 30.0 Å². The van der Waals surface area contributed by atoms with E-state index in [1.54, 1.807) is 11.8 Å². The molecular formula is C14H20O3S.